The molecule has 1 aliphatic carbocycles. The van der Waals surface area contributed by atoms with Crippen LogP contribution in [0.25, 0.3) is 0 Å². The van der Waals surface area contributed by atoms with Crippen LogP contribution in [0.2, 0.25) is 0 Å². The molecule has 94 valence electrons. The Morgan fingerprint density at radius 2 is 1.94 bits per heavy atom. The van der Waals surface area contributed by atoms with E-state index in [2.05, 4.69) is 19.2 Å². The van der Waals surface area contributed by atoms with Gasteiger partial charge in [-0.2, -0.15) is 0 Å². The Morgan fingerprint density at radius 1 is 1.19 bits per heavy atom. The van der Waals surface area contributed by atoms with Crippen LogP contribution in [-0.2, 0) is 9.47 Å². The van der Waals surface area contributed by atoms with E-state index in [0.29, 0.717) is 24.4 Å². The summed E-state index contributed by atoms with van der Waals surface area (Å²) >= 11 is 0. The Labute approximate surface area is 98.9 Å². The zero-order valence-electron chi connectivity index (χ0n) is 10.6. The van der Waals surface area contributed by atoms with Crippen LogP contribution < -0.4 is 5.32 Å². The monoisotopic (exact) mass is 227 g/mol. The van der Waals surface area contributed by atoms with Gasteiger partial charge in [0.2, 0.25) is 0 Å². The van der Waals surface area contributed by atoms with Gasteiger partial charge in [-0.3, -0.25) is 0 Å². The summed E-state index contributed by atoms with van der Waals surface area (Å²) < 4.78 is 11.7. The lowest BCUT2D eigenvalue weighted by molar-refractivity contribution is -0.0628. The highest BCUT2D eigenvalue weighted by atomic mass is 16.5. The molecule has 1 saturated carbocycles. The summed E-state index contributed by atoms with van der Waals surface area (Å²) in [5, 5.41) is 3.43. The molecular formula is C13H25NO2. The molecule has 2 aliphatic rings. The van der Waals surface area contributed by atoms with Crippen molar-refractivity contribution in [3.05, 3.63) is 0 Å². The van der Waals surface area contributed by atoms with Gasteiger partial charge in [0.15, 0.2) is 0 Å². The van der Waals surface area contributed by atoms with Gasteiger partial charge < -0.3 is 14.8 Å². The largest absolute Gasteiger partial charge is 0.376 e. The first-order chi connectivity index (χ1) is 7.74. The minimum atomic E-state index is 0.347. The maximum atomic E-state index is 5.94. The van der Waals surface area contributed by atoms with Crippen molar-refractivity contribution in [2.24, 2.45) is 0 Å². The number of ether oxygens (including phenoxy) is 2. The molecule has 0 bridgehead atoms. The minimum Gasteiger partial charge on any atom is -0.376 e. The van der Waals surface area contributed by atoms with Crippen molar-refractivity contribution in [3.63, 3.8) is 0 Å². The highest BCUT2D eigenvalue weighted by Crippen LogP contribution is 2.25. The SMILES string of the molecule is CC(C)NCC1CCC(COC2CCC2)O1. The van der Waals surface area contributed by atoms with Crippen LogP contribution in [0.1, 0.15) is 46.0 Å². The average molecular weight is 227 g/mol. The molecule has 1 saturated heterocycles. The van der Waals surface area contributed by atoms with Gasteiger partial charge in [0, 0.05) is 12.6 Å². The first-order valence-electron chi connectivity index (χ1n) is 6.74. The lowest BCUT2D eigenvalue weighted by Gasteiger charge is -2.27. The second kappa shape index (κ2) is 5.99. The van der Waals surface area contributed by atoms with Crippen LogP contribution in [0.5, 0.6) is 0 Å². The third kappa shape index (κ3) is 3.72. The zero-order chi connectivity index (χ0) is 11.4. The minimum absolute atomic E-state index is 0.347. The molecule has 1 aliphatic heterocycles. The average Bonchev–Trinajstić information content (AvgIpc) is 2.60. The molecule has 0 aromatic heterocycles. The van der Waals surface area contributed by atoms with E-state index in [1.807, 2.05) is 0 Å². The summed E-state index contributed by atoms with van der Waals surface area (Å²) in [6.07, 6.45) is 7.48. The van der Waals surface area contributed by atoms with E-state index in [-0.39, 0.29) is 0 Å². The molecule has 3 heteroatoms. The second-order valence-corrected chi connectivity index (χ2v) is 5.41. The quantitative estimate of drug-likeness (QED) is 0.754. The normalized spacial score (nSPS) is 30.9. The van der Waals surface area contributed by atoms with Gasteiger partial charge in [0.25, 0.3) is 0 Å². The van der Waals surface area contributed by atoms with E-state index in [0.717, 1.165) is 19.6 Å². The molecule has 0 radical (unpaired) electrons. The number of hydrogen-bond donors (Lipinski definition) is 1. The van der Waals surface area contributed by atoms with E-state index in [1.165, 1.54) is 25.7 Å². The predicted octanol–water partition coefficient (Wildman–Crippen LogP) is 2.10. The van der Waals surface area contributed by atoms with Crippen LogP contribution >= 0.6 is 0 Å². The summed E-state index contributed by atoms with van der Waals surface area (Å²) in [7, 11) is 0. The van der Waals surface area contributed by atoms with Gasteiger partial charge >= 0.3 is 0 Å². The van der Waals surface area contributed by atoms with Crippen molar-refractivity contribution < 1.29 is 9.47 Å². The molecule has 2 rings (SSSR count). The molecule has 2 unspecified atom stereocenters. The summed E-state index contributed by atoms with van der Waals surface area (Å²) in [5.74, 6) is 0. The van der Waals surface area contributed by atoms with Gasteiger partial charge in [-0.05, 0) is 32.1 Å². The van der Waals surface area contributed by atoms with Crippen molar-refractivity contribution >= 4 is 0 Å². The Hall–Kier alpha value is -0.120. The van der Waals surface area contributed by atoms with Crippen LogP contribution in [0.15, 0.2) is 0 Å². The predicted molar refractivity (Wildman–Crippen MR) is 64.6 cm³/mol. The van der Waals surface area contributed by atoms with Crippen molar-refractivity contribution in [3.8, 4) is 0 Å². The molecule has 0 aromatic rings. The molecular weight excluding hydrogens is 202 g/mol. The maximum absolute atomic E-state index is 5.94. The maximum Gasteiger partial charge on any atom is 0.0814 e. The van der Waals surface area contributed by atoms with Gasteiger partial charge in [-0.25, -0.2) is 0 Å². The lowest BCUT2D eigenvalue weighted by atomic mass is 9.96. The van der Waals surface area contributed by atoms with Gasteiger partial charge in [0.05, 0.1) is 24.9 Å². The molecule has 0 aromatic carbocycles. The molecule has 2 atom stereocenters. The third-order valence-electron chi connectivity index (χ3n) is 3.52. The second-order valence-electron chi connectivity index (χ2n) is 5.41. The number of nitrogens with one attached hydrogen (secondary N) is 1. The fraction of sp³-hybridized carbons (Fsp3) is 1.00. The van der Waals surface area contributed by atoms with Gasteiger partial charge in [0.1, 0.15) is 0 Å². The number of rotatable bonds is 6. The molecule has 16 heavy (non-hydrogen) atoms. The fourth-order valence-corrected chi connectivity index (χ4v) is 2.20. The summed E-state index contributed by atoms with van der Waals surface area (Å²) in [4.78, 5) is 0. The zero-order valence-corrected chi connectivity index (χ0v) is 10.6. The Kier molecular flexibility index (Phi) is 4.62. The van der Waals surface area contributed by atoms with Crippen molar-refractivity contribution in [1.29, 1.82) is 0 Å². The van der Waals surface area contributed by atoms with E-state index < -0.39 is 0 Å². The van der Waals surface area contributed by atoms with Crippen molar-refractivity contribution in [1.82, 2.24) is 5.32 Å². The smallest absolute Gasteiger partial charge is 0.0814 e. The molecule has 0 amide bonds. The van der Waals surface area contributed by atoms with Gasteiger partial charge in [-0.15, -0.1) is 0 Å². The summed E-state index contributed by atoms with van der Waals surface area (Å²) in [6.45, 7) is 6.14. The van der Waals surface area contributed by atoms with Crippen LogP contribution in [0.3, 0.4) is 0 Å². The lowest BCUT2D eigenvalue weighted by Crippen LogP contribution is -2.33. The Balaban J connectivity index is 1.55. The van der Waals surface area contributed by atoms with E-state index in [4.69, 9.17) is 9.47 Å². The Morgan fingerprint density at radius 3 is 2.56 bits per heavy atom. The van der Waals surface area contributed by atoms with E-state index in [9.17, 15) is 0 Å². The van der Waals surface area contributed by atoms with Crippen molar-refractivity contribution in [2.75, 3.05) is 13.2 Å². The molecule has 1 N–H and O–H groups in total. The van der Waals surface area contributed by atoms with Crippen LogP contribution in [0.4, 0.5) is 0 Å². The van der Waals surface area contributed by atoms with E-state index >= 15 is 0 Å². The molecule has 1 heterocycles. The standard InChI is InChI=1S/C13H25NO2/c1-10(2)14-8-12-6-7-13(16-12)9-15-11-4-3-5-11/h10-14H,3-9H2,1-2H3. The molecule has 2 fully saturated rings. The first kappa shape index (κ1) is 12.3. The summed E-state index contributed by atoms with van der Waals surface area (Å²) in [5.41, 5.74) is 0. The fourth-order valence-electron chi connectivity index (χ4n) is 2.20. The topological polar surface area (TPSA) is 30.5 Å². The highest BCUT2D eigenvalue weighted by Gasteiger charge is 2.27. The third-order valence-corrected chi connectivity index (χ3v) is 3.52. The van der Waals surface area contributed by atoms with Gasteiger partial charge in [-0.1, -0.05) is 13.8 Å². The summed E-state index contributed by atoms with van der Waals surface area (Å²) in [6, 6.07) is 0.550. The first-order valence-corrected chi connectivity index (χ1v) is 6.74. The Bertz CT molecular complexity index is 204. The van der Waals surface area contributed by atoms with Crippen LogP contribution in [-0.4, -0.2) is 37.5 Å². The van der Waals surface area contributed by atoms with E-state index in [1.54, 1.807) is 0 Å². The highest BCUT2D eigenvalue weighted by molar-refractivity contribution is 4.77. The molecule has 0 spiro atoms. The number of hydrogen-bond acceptors (Lipinski definition) is 3. The van der Waals surface area contributed by atoms with Crippen molar-refractivity contribution in [2.45, 2.75) is 70.3 Å². The van der Waals surface area contributed by atoms with Crippen LogP contribution in [0, 0.1) is 0 Å². The molecule has 3 nitrogen and oxygen atoms in total.